The van der Waals surface area contributed by atoms with E-state index in [0.29, 0.717) is 11.5 Å². The molecule has 0 amide bonds. The van der Waals surface area contributed by atoms with Crippen LogP contribution in [0.4, 0.5) is 0 Å². The van der Waals surface area contributed by atoms with Crippen LogP contribution in [-0.4, -0.2) is 12.6 Å². The zero-order valence-corrected chi connectivity index (χ0v) is 10.3. The van der Waals surface area contributed by atoms with E-state index in [4.69, 9.17) is 4.42 Å². The van der Waals surface area contributed by atoms with Gasteiger partial charge in [-0.1, -0.05) is 27.7 Å². The lowest BCUT2D eigenvalue weighted by molar-refractivity contribution is 0.254. The van der Waals surface area contributed by atoms with Crippen molar-refractivity contribution < 1.29 is 4.42 Å². The van der Waals surface area contributed by atoms with Gasteiger partial charge in [-0.2, -0.15) is 0 Å². The standard InChI is InChI=1S/C13H23NO/c1-5-14-12(13(2,3)4)9-8-11-7-6-10-15-11/h6-7,10,12,14H,5,8-9H2,1-4H3. The molecule has 0 saturated carbocycles. The van der Waals surface area contributed by atoms with Gasteiger partial charge in [0.25, 0.3) is 0 Å². The lowest BCUT2D eigenvalue weighted by Gasteiger charge is -2.31. The Morgan fingerprint density at radius 2 is 2.13 bits per heavy atom. The summed E-state index contributed by atoms with van der Waals surface area (Å²) in [4.78, 5) is 0. The lowest BCUT2D eigenvalue weighted by Crippen LogP contribution is -2.40. The average Bonchev–Trinajstić information content (AvgIpc) is 2.62. The third-order valence-corrected chi connectivity index (χ3v) is 2.76. The van der Waals surface area contributed by atoms with Crippen LogP contribution in [0.1, 0.15) is 39.9 Å². The Balaban J connectivity index is 2.45. The summed E-state index contributed by atoms with van der Waals surface area (Å²) in [5, 5.41) is 3.54. The van der Waals surface area contributed by atoms with Gasteiger partial charge in [0.2, 0.25) is 0 Å². The minimum atomic E-state index is 0.308. The Bertz CT molecular complexity index is 259. The maximum absolute atomic E-state index is 5.35. The molecule has 1 unspecified atom stereocenters. The summed E-state index contributed by atoms with van der Waals surface area (Å²) >= 11 is 0. The van der Waals surface area contributed by atoms with Gasteiger partial charge in [0.15, 0.2) is 0 Å². The van der Waals surface area contributed by atoms with Gasteiger partial charge >= 0.3 is 0 Å². The van der Waals surface area contributed by atoms with Crippen molar-refractivity contribution in [2.75, 3.05) is 6.54 Å². The third kappa shape index (κ3) is 4.08. The molecule has 2 nitrogen and oxygen atoms in total. The number of nitrogens with one attached hydrogen (secondary N) is 1. The van der Waals surface area contributed by atoms with Crippen LogP contribution in [0.15, 0.2) is 22.8 Å². The highest BCUT2D eigenvalue weighted by atomic mass is 16.3. The highest BCUT2D eigenvalue weighted by Crippen LogP contribution is 2.23. The van der Waals surface area contributed by atoms with E-state index in [1.165, 1.54) is 0 Å². The maximum Gasteiger partial charge on any atom is 0.103 e. The van der Waals surface area contributed by atoms with Crippen molar-refractivity contribution in [3.63, 3.8) is 0 Å². The van der Waals surface area contributed by atoms with Crippen molar-refractivity contribution in [3.8, 4) is 0 Å². The van der Waals surface area contributed by atoms with Crippen molar-refractivity contribution in [2.45, 2.75) is 46.6 Å². The third-order valence-electron chi connectivity index (χ3n) is 2.76. The molecular weight excluding hydrogens is 186 g/mol. The second-order valence-electron chi connectivity index (χ2n) is 5.09. The van der Waals surface area contributed by atoms with Gasteiger partial charge in [0.1, 0.15) is 5.76 Å². The molecule has 2 heteroatoms. The predicted octanol–water partition coefficient (Wildman–Crippen LogP) is 3.24. The van der Waals surface area contributed by atoms with E-state index in [1.807, 2.05) is 12.1 Å². The van der Waals surface area contributed by atoms with Crippen LogP contribution in [0.5, 0.6) is 0 Å². The van der Waals surface area contributed by atoms with E-state index in [1.54, 1.807) is 6.26 Å². The fourth-order valence-corrected chi connectivity index (χ4v) is 1.83. The van der Waals surface area contributed by atoms with Gasteiger partial charge in [-0.15, -0.1) is 0 Å². The number of hydrogen-bond donors (Lipinski definition) is 1. The Hall–Kier alpha value is -0.760. The summed E-state index contributed by atoms with van der Waals surface area (Å²) < 4.78 is 5.35. The molecule has 0 fully saturated rings. The van der Waals surface area contributed by atoms with Gasteiger partial charge in [-0.25, -0.2) is 0 Å². The first-order chi connectivity index (χ1) is 7.04. The Morgan fingerprint density at radius 3 is 2.60 bits per heavy atom. The van der Waals surface area contributed by atoms with Gasteiger partial charge < -0.3 is 9.73 Å². The molecule has 1 N–H and O–H groups in total. The van der Waals surface area contributed by atoms with E-state index >= 15 is 0 Å². The molecule has 0 radical (unpaired) electrons. The van der Waals surface area contributed by atoms with Crippen LogP contribution < -0.4 is 5.32 Å². The minimum Gasteiger partial charge on any atom is -0.469 e. The van der Waals surface area contributed by atoms with Crippen molar-refractivity contribution in [3.05, 3.63) is 24.2 Å². The monoisotopic (exact) mass is 209 g/mol. The fourth-order valence-electron chi connectivity index (χ4n) is 1.83. The number of furan rings is 1. The quantitative estimate of drug-likeness (QED) is 0.805. The molecule has 0 spiro atoms. The van der Waals surface area contributed by atoms with E-state index < -0.39 is 0 Å². The lowest BCUT2D eigenvalue weighted by atomic mass is 9.84. The van der Waals surface area contributed by atoms with Crippen LogP contribution in [0.3, 0.4) is 0 Å². The Kier molecular flexibility index (Phi) is 4.40. The average molecular weight is 209 g/mol. The molecule has 0 aliphatic carbocycles. The minimum absolute atomic E-state index is 0.308. The molecule has 0 aliphatic heterocycles. The Morgan fingerprint density at radius 1 is 1.40 bits per heavy atom. The normalized spacial score (nSPS) is 14.1. The molecule has 1 aromatic rings. The van der Waals surface area contributed by atoms with E-state index in [2.05, 4.69) is 33.0 Å². The van der Waals surface area contributed by atoms with Gasteiger partial charge in [0, 0.05) is 12.5 Å². The number of rotatable bonds is 5. The summed E-state index contributed by atoms with van der Waals surface area (Å²) in [6.45, 7) is 10.0. The molecular formula is C13H23NO. The van der Waals surface area contributed by atoms with E-state index in [0.717, 1.165) is 25.1 Å². The van der Waals surface area contributed by atoms with Crippen LogP contribution in [-0.2, 0) is 6.42 Å². The van der Waals surface area contributed by atoms with Crippen molar-refractivity contribution >= 4 is 0 Å². The smallest absolute Gasteiger partial charge is 0.103 e. The summed E-state index contributed by atoms with van der Waals surface area (Å²) in [5.74, 6) is 1.09. The maximum atomic E-state index is 5.35. The largest absolute Gasteiger partial charge is 0.469 e. The van der Waals surface area contributed by atoms with Crippen molar-refractivity contribution in [1.82, 2.24) is 5.32 Å². The van der Waals surface area contributed by atoms with Crippen molar-refractivity contribution in [2.24, 2.45) is 5.41 Å². The van der Waals surface area contributed by atoms with E-state index in [-0.39, 0.29) is 0 Å². The van der Waals surface area contributed by atoms with E-state index in [9.17, 15) is 0 Å². The summed E-state index contributed by atoms with van der Waals surface area (Å²) in [5.41, 5.74) is 0.308. The Labute approximate surface area is 93.1 Å². The SMILES string of the molecule is CCNC(CCc1ccco1)C(C)(C)C. The van der Waals surface area contributed by atoms with Crippen LogP contribution in [0.25, 0.3) is 0 Å². The van der Waals surface area contributed by atoms with Gasteiger partial charge in [-0.3, -0.25) is 0 Å². The molecule has 15 heavy (non-hydrogen) atoms. The summed E-state index contributed by atoms with van der Waals surface area (Å²) in [7, 11) is 0. The molecule has 0 aliphatic rings. The molecule has 1 heterocycles. The summed E-state index contributed by atoms with van der Waals surface area (Å²) in [6, 6.07) is 4.55. The van der Waals surface area contributed by atoms with Crippen LogP contribution in [0, 0.1) is 5.41 Å². The fraction of sp³-hybridized carbons (Fsp3) is 0.692. The summed E-state index contributed by atoms with van der Waals surface area (Å²) in [6.07, 6.45) is 3.89. The molecule has 1 atom stereocenters. The highest BCUT2D eigenvalue weighted by Gasteiger charge is 2.23. The predicted molar refractivity (Wildman–Crippen MR) is 63.9 cm³/mol. The first-order valence-electron chi connectivity index (χ1n) is 5.79. The zero-order valence-electron chi connectivity index (χ0n) is 10.3. The molecule has 86 valence electrons. The molecule has 1 aromatic heterocycles. The van der Waals surface area contributed by atoms with Gasteiger partial charge in [0.05, 0.1) is 6.26 Å². The molecule has 0 bridgehead atoms. The number of aryl methyl sites for hydroxylation is 1. The van der Waals surface area contributed by atoms with Crippen molar-refractivity contribution in [1.29, 1.82) is 0 Å². The molecule has 1 rings (SSSR count). The molecule has 0 saturated heterocycles. The second kappa shape index (κ2) is 5.36. The van der Waals surface area contributed by atoms with Gasteiger partial charge in [-0.05, 0) is 30.5 Å². The number of hydrogen-bond acceptors (Lipinski definition) is 2. The van der Waals surface area contributed by atoms with Crippen LogP contribution in [0.2, 0.25) is 0 Å². The molecule has 0 aromatic carbocycles. The first-order valence-corrected chi connectivity index (χ1v) is 5.79. The zero-order chi connectivity index (χ0) is 11.3. The van der Waals surface area contributed by atoms with Crippen LogP contribution >= 0.6 is 0 Å². The first kappa shape index (κ1) is 12.3. The second-order valence-corrected chi connectivity index (χ2v) is 5.09. The topological polar surface area (TPSA) is 25.2 Å². The highest BCUT2D eigenvalue weighted by molar-refractivity contribution is 4.99.